The van der Waals surface area contributed by atoms with Crippen molar-refractivity contribution in [2.24, 2.45) is 5.92 Å². The van der Waals surface area contributed by atoms with Crippen molar-refractivity contribution in [2.45, 2.75) is 39.7 Å². The molecule has 6 nitrogen and oxygen atoms in total. The van der Waals surface area contributed by atoms with Crippen molar-refractivity contribution in [2.75, 3.05) is 26.7 Å². The molecule has 3 N–H and O–H groups in total. The van der Waals surface area contributed by atoms with Gasteiger partial charge in [-0.1, -0.05) is 13.8 Å². The van der Waals surface area contributed by atoms with Gasteiger partial charge in [-0.3, -0.25) is 4.79 Å². The smallest absolute Gasteiger partial charge is 0.314 e. The van der Waals surface area contributed by atoms with E-state index in [1.54, 1.807) is 6.92 Å². The number of carbonyl (C=O) groups is 2. The third-order valence-corrected chi connectivity index (χ3v) is 3.38. The van der Waals surface area contributed by atoms with E-state index in [-0.39, 0.29) is 6.03 Å². The molecule has 0 fully saturated rings. The summed E-state index contributed by atoms with van der Waals surface area (Å²) in [5.74, 6) is -1.27. The van der Waals surface area contributed by atoms with Crippen LogP contribution in [-0.4, -0.2) is 54.7 Å². The predicted molar refractivity (Wildman–Crippen MR) is 75.2 cm³/mol. The molecule has 0 aliphatic heterocycles. The molecular weight excluding hydrogens is 246 g/mol. The maximum atomic E-state index is 11.4. The summed E-state index contributed by atoms with van der Waals surface area (Å²) in [4.78, 5) is 24.2. The lowest BCUT2D eigenvalue weighted by Gasteiger charge is -2.23. The van der Waals surface area contributed by atoms with E-state index in [1.165, 1.54) is 0 Å². The maximum absolute atomic E-state index is 11.4. The fourth-order valence-electron chi connectivity index (χ4n) is 1.47. The predicted octanol–water partition coefficient (Wildman–Crippen LogP) is 1.13. The molecule has 112 valence electrons. The summed E-state index contributed by atoms with van der Waals surface area (Å²) in [6.45, 7) is 7.66. The second-order valence-electron chi connectivity index (χ2n) is 4.95. The number of hydrogen-bond donors (Lipinski definition) is 3. The van der Waals surface area contributed by atoms with Crippen molar-refractivity contribution >= 4 is 12.0 Å². The van der Waals surface area contributed by atoms with E-state index in [2.05, 4.69) is 29.4 Å². The Morgan fingerprint density at radius 3 is 2.32 bits per heavy atom. The van der Waals surface area contributed by atoms with Gasteiger partial charge in [0.25, 0.3) is 0 Å². The molecule has 0 aromatic rings. The molecule has 2 unspecified atom stereocenters. The summed E-state index contributed by atoms with van der Waals surface area (Å²) in [6.07, 6.45) is 1.52. The van der Waals surface area contributed by atoms with Gasteiger partial charge in [0.05, 0.1) is 5.92 Å². The maximum Gasteiger partial charge on any atom is 0.314 e. The summed E-state index contributed by atoms with van der Waals surface area (Å²) in [5.41, 5.74) is 0. The minimum Gasteiger partial charge on any atom is -0.481 e. The number of amides is 2. The largest absolute Gasteiger partial charge is 0.481 e. The normalized spacial score (nSPS) is 13.9. The third-order valence-electron chi connectivity index (χ3n) is 3.38. The van der Waals surface area contributed by atoms with Crippen molar-refractivity contribution in [1.29, 1.82) is 0 Å². The van der Waals surface area contributed by atoms with Gasteiger partial charge in [0.15, 0.2) is 0 Å². The van der Waals surface area contributed by atoms with Crippen molar-refractivity contribution in [1.82, 2.24) is 15.5 Å². The second-order valence-corrected chi connectivity index (χ2v) is 4.95. The summed E-state index contributed by atoms with van der Waals surface area (Å²) in [7, 11) is 2.03. The minimum absolute atomic E-state index is 0.241. The average Bonchev–Trinajstić information content (AvgIpc) is 2.37. The lowest BCUT2D eigenvalue weighted by molar-refractivity contribution is -0.141. The van der Waals surface area contributed by atoms with Crippen LogP contribution in [0, 0.1) is 5.92 Å². The Bertz CT molecular complexity index is 284. The SMILES string of the molecule is CCC(C)N(C)CCNC(=O)NCCC(C)C(=O)O. The van der Waals surface area contributed by atoms with Crippen LogP contribution in [0.5, 0.6) is 0 Å². The van der Waals surface area contributed by atoms with Crippen molar-refractivity contribution in [3.63, 3.8) is 0 Å². The van der Waals surface area contributed by atoms with Crippen molar-refractivity contribution in [3.8, 4) is 0 Å². The standard InChI is InChI=1S/C13H27N3O3/c1-5-11(3)16(4)9-8-15-13(19)14-7-6-10(2)12(17)18/h10-11H,5-9H2,1-4H3,(H,17,18)(H2,14,15,19). The Morgan fingerprint density at radius 2 is 1.79 bits per heavy atom. The van der Waals surface area contributed by atoms with Gasteiger partial charge in [0, 0.05) is 25.7 Å². The summed E-state index contributed by atoms with van der Waals surface area (Å²) in [5, 5.41) is 14.1. The molecule has 0 aliphatic rings. The number of carboxylic acid groups (broad SMARTS) is 1. The number of likely N-dealkylation sites (N-methyl/N-ethyl adjacent to an activating group) is 1. The first kappa shape index (κ1) is 17.7. The summed E-state index contributed by atoms with van der Waals surface area (Å²) < 4.78 is 0. The topological polar surface area (TPSA) is 81.7 Å². The number of nitrogens with one attached hydrogen (secondary N) is 2. The molecule has 0 saturated carbocycles. The molecule has 0 aromatic heterocycles. The number of urea groups is 1. The molecule has 0 saturated heterocycles. The van der Waals surface area contributed by atoms with Gasteiger partial charge in [-0.15, -0.1) is 0 Å². The van der Waals surface area contributed by atoms with Gasteiger partial charge in [-0.2, -0.15) is 0 Å². The Kier molecular flexibility index (Phi) is 8.95. The Balaban J connectivity index is 3.63. The van der Waals surface area contributed by atoms with Crippen molar-refractivity contribution < 1.29 is 14.7 Å². The van der Waals surface area contributed by atoms with Gasteiger partial charge < -0.3 is 20.6 Å². The molecule has 0 aromatic carbocycles. The average molecular weight is 273 g/mol. The van der Waals surface area contributed by atoms with Crippen LogP contribution in [0.15, 0.2) is 0 Å². The van der Waals surface area contributed by atoms with Crippen LogP contribution in [0.3, 0.4) is 0 Å². The lowest BCUT2D eigenvalue weighted by Crippen LogP contribution is -2.41. The number of carboxylic acids is 1. The van der Waals surface area contributed by atoms with E-state index in [0.717, 1.165) is 13.0 Å². The molecule has 0 aliphatic carbocycles. The fraction of sp³-hybridized carbons (Fsp3) is 0.846. The van der Waals surface area contributed by atoms with E-state index in [4.69, 9.17) is 5.11 Å². The zero-order valence-electron chi connectivity index (χ0n) is 12.4. The van der Waals surface area contributed by atoms with E-state index in [1.807, 2.05) is 7.05 Å². The number of carbonyl (C=O) groups excluding carboxylic acids is 1. The molecule has 0 bridgehead atoms. The molecule has 0 rings (SSSR count). The van der Waals surface area contributed by atoms with E-state index in [0.29, 0.717) is 25.6 Å². The lowest BCUT2D eigenvalue weighted by atomic mass is 10.1. The zero-order valence-corrected chi connectivity index (χ0v) is 12.4. The van der Waals surface area contributed by atoms with Crippen LogP contribution in [0.2, 0.25) is 0 Å². The summed E-state index contributed by atoms with van der Waals surface area (Å²) >= 11 is 0. The van der Waals surface area contributed by atoms with E-state index >= 15 is 0 Å². The highest BCUT2D eigenvalue weighted by Gasteiger charge is 2.11. The van der Waals surface area contributed by atoms with Gasteiger partial charge in [0.2, 0.25) is 0 Å². The zero-order chi connectivity index (χ0) is 14.8. The summed E-state index contributed by atoms with van der Waals surface area (Å²) in [6, 6.07) is 0.261. The molecule has 0 spiro atoms. The monoisotopic (exact) mass is 273 g/mol. The Morgan fingerprint density at radius 1 is 1.21 bits per heavy atom. The first-order chi connectivity index (χ1) is 8.88. The number of aliphatic carboxylic acids is 1. The van der Waals surface area contributed by atoms with Crippen LogP contribution in [0.4, 0.5) is 4.79 Å². The minimum atomic E-state index is -0.836. The molecule has 19 heavy (non-hydrogen) atoms. The highest BCUT2D eigenvalue weighted by Crippen LogP contribution is 1.99. The molecular formula is C13H27N3O3. The van der Waals surface area contributed by atoms with Gasteiger partial charge in [-0.25, -0.2) is 4.79 Å². The van der Waals surface area contributed by atoms with Gasteiger partial charge in [0.1, 0.15) is 0 Å². The first-order valence-corrected chi connectivity index (χ1v) is 6.83. The first-order valence-electron chi connectivity index (χ1n) is 6.83. The van der Waals surface area contributed by atoms with Gasteiger partial charge in [-0.05, 0) is 26.8 Å². The Hall–Kier alpha value is -1.30. The van der Waals surface area contributed by atoms with Crippen molar-refractivity contribution in [3.05, 3.63) is 0 Å². The number of rotatable bonds is 9. The van der Waals surface area contributed by atoms with Crippen LogP contribution in [-0.2, 0) is 4.79 Å². The Labute approximate surface area is 115 Å². The fourth-order valence-corrected chi connectivity index (χ4v) is 1.47. The third kappa shape index (κ3) is 8.42. The number of hydrogen-bond acceptors (Lipinski definition) is 3. The highest BCUT2D eigenvalue weighted by atomic mass is 16.4. The van der Waals surface area contributed by atoms with Gasteiger partial charge >= 0.3 is 12.0 Å². The van der Waals surface area contributed by atoms with E-state index in [9.17, 15) is 9.59 Å². The molecule has 0 radical (unpaired) electrons. The van der Waals surface area contributed by atoms with Crippen LogP contribution in [0.1, 0.15) is 33.6 Å². The molecule has 0 heterocycles. The number of nitrogens with zero attached hydrogens (tertiary/aromatic N) is 1. The highest BCUT2D eigenvalue weighted by molar-refractivity contribution is 5.74. The quantitative estimate of drug-likeness (QED) is 0.588. The molecule has 2 atom stereocenters. The second kappa shape index (κ2) is 9.61. The van der Waals surface area contributed by atoms with Crippen LogP contribution in [0.25, 0.3) is 0 Å². The molecule has 2 amide bonds. The van der Waals surface area contributed by atoms with E-state index < -0.39 is 11.9 Å². The van der Waals surface area contributed by atoms with Crippen LogP contribution >= 0.6 is 0 Å². The molecule has 6 heteroatoms. The van der Waals surface area contributed by atoms with Crippen LogP contribution < -0.4 is 10.6 Å².